The van der Waals surface area contributed by atoms with Crippen molar-refractivity contribution in [2.24, 2.45) is 0 Å². The Morgan fingerprint density at radius 3 is 2.70 bits per heavy atom. The number of hydrogen-bond donors (Lipinski definition) is 2. The monoisotopic (exact) mass is 446 g/mol. The van der Waals surface area contributed by atoms with Gasteiger partial charge < -0.3 is 15.0 Å². The molecule has 2 N–H and O–H groups in total. The largest absolute Gasteiger partial charge is 0.379 e. The molecule has 2 aliphatic heterocycles. The number of ether oxygens (including phenoxy) is 1. The summed E-state index contributed by atoms with van der Waals surface area (Å²) in [5, 5.41) is 9.94. The fraction of sp³-hybridized carbons (Fsp3) is 0.400. The third kappa shape index (κ3) is 5.23. The number of amides is 1. The Morgan fingerprint density at radius 1 is 1.06 bits per heavy atom. The molecular formula is C25H30N6O2. The highest BCUT2D eigenvalue weighted by atomic mass is 16.5. The van der Waals surface area contributed by atoms with Crippen LogP contribution in [0.1, 0.15) is 35.3 Å². The summed E-state index contributed by atoms with van der Waals surface area (Å²) in [6.45, 7) is 6.28. The van der Waals surface area contributed by atoms with Gasteiger partial charge in [0.2, 0.25) is 0 Å². The van der Waals surface area contributed by atoms with E-state index in [-0.39, 0.29) is 5.91 Å². The van der Waals surface area contributed by atoms with Gasteiger partial charge in [-0.3, -0.25) is 14.8 Å². The van der Waals surface area contributed by atoms with Gasteiger partial charge in [-0.05, 0) is 49.1 Å². The molecule has 172 valence electrons. The number of aromatic amines is 1. The molecule has 33 heavy (non-hydrogen) atoms. The molecule has 0 aliphatic carbocycles. The van der Waals surface area contributed by atoms with Gasteiger partial charge in [-0.2, -0.15) is 5.10 Å². The van der Waals surface area contributed by atoms with E-state index in [2.05, 4.69) is 48.5 Å². The predicted octanol–water partition coefficient (Wildman–Crippen LogP) is 3.55. The van der Waals surface area contributed by atoms with E-state index in [1.54, 1.807) is 18.5 Å². The van der Waals surface area contributed by atoms with E-state index in [1.807, 2.05) is 12.1 Å². The molecule has 2 aromatic heterocycles. The zero-order valence-corrected chi connectivity index (χ0v) is 18.8. The van der Waals surface area contributed by atoms with Crippen LogP contribution in [0.25, 0.3) is 11.3 Å². The smallest absolute Gasteiger partial charge is 0.274 e. The normalized spacial score (nSPS) is 17.2. The maximum Gasteiger partial charge on any atom is 0.274 e. The zero-order chi connectivity index (χ0) is 22.5. The first kappa shape index (κ1) is 21.6. The SMILES string of the molecule is O=C(Nc1cc(CN2CCOCC2)ccc1N1CCCCC1)c1cccc(-c2cn[nH]c2)n1. The van der Waals surface area contributed by atoms with Crippen molar-refractivity contribution in [2.75, 3.05) is 49.6 Å². The third-order valence-corrected chi connectivity index (χ3v) is 6.29. The first-order valence-corrected chi connectivity index (χ1v) is 11.7. The van der Waals surface area contributed by atoms with E-state index >= 15 is 0 Å². The van der Waals surface area contributed by atoms with Crippen molar-refractivity contribution >= 4 is 17.3 Å². The number of pyridine rings is 1. The molecule has 8 nitrogen and oxygen atoms in total. The molecule has 5 rings (SSSR count). The fourth-order valence-electron chi connectivity index (χ4n) is 4.51. The molecular weight excluding hydrogens is 416 g/mol. The van der Waals surface area contributed by atoms with Crippen LogP contribution in [-0.4, -0.2) is 65.4 Å². The van der Waals surface area contributed by atoms with Crippen LogP contribution in [0.3, 0.4) is 0 Å². The quantitative estimate of drug-likeness (QED) is 0.602. The summed E-state index contributed by atoms with van der Waals surface area (Å²) in [4.78, 5) is 22.6. The van der Waals surface area contributed by atoms with Gasteiger partial charge in [0.25, 0.3) is 5.91 Å². The van der Waals surface area contributed by atoms with E-state index in [4.69, 9.17) is 4.74 Å². The van der Waals surface area contributed by atoms with Crippen LogP contribution in [0.2, 0.25) is 0 Å². The second-order valence-electron chi connectivity index (χ2n) is 8.64. The Hall–Kier alpha value is -3.23. The van der Waals surface area contributed by atoms with Gasteiger partial charge in [-0.1, -0.05) is 12.1 Å². The van der Waals surface area contributed by atoms with Gasteiger partial charge in [-0.15, -0.1) is 0 Å². The number of H-pyrrole nitrogens is 1. The van der Waals surface area contributed by atoms with Crippen LogP contribution in [0.5, 0.6) is 0 Å². The lowest BCUT2D eigenvalue weighted by atomic mass is 10.1. The summed E-state index contributed by atoms with van der Waals surface area (Å²) in [6.07, 6.45) is 7.09. The Morgan fingerprint density at radius 2 is 1.91 bits per heavy atom. The molecule has 0 bridgehead atoms. The Kier molecular flexibility index (Phi) is 6.64. The first-order valence-electron chi connectivity index (χ1n) is 11.7. The molecule has 1 aromatic carbocycles. The molecule has 0 unspecified atom stereocenters. The Bertz CT molecular complexity index is 1070. The van der Waals surface area contributed by atoms with Crippen molar-refractivity contribution in [3.63, 3.8) is 0 Å². The second-order valence-corrected chi connectivity index (χ2v) is 8.64. The zero-order valence-electron chi connectivity index (χ0n) is 18.8. The number of rotatable bonds is 6. The van der Waals surface area contributed by atoms with Crippen LogP contribution >= 0.6 is 0 Å². The van der Waals surface area contributed by atoms with Crippen molar-refractivity contribution in [1.82, 2.24) is 20.1 Å². The molecule has 4 heterocycles. The lowest BCUT2D eigenvalue weighted by molar-refractivity contribution is 0.0342. The van der Waals surface area contributed by atoms with Gasteiger partial charge >= 0.3 is 0 Å². The lowest BCUT2D eigenvalue weighted by Crippen LogP contribution is -2.35. The molecule has 0 atom stereocenters. The minimum Gasteiger partial charge on any atom is -0.379 e. The van der Waals surface area contributed by atoms with Crippen LogP contribution < -0.4 is 10.2 Å². The van der Waals surface area contributed by atoms with Gasteiger partial charge in [0.1, 0.15) is 5.69 Å². The minimum absolute atomic E-state index is 0.206. The number of carbonyl (C=O) groups excluding carboxylic acids is 1. The molecule has 2 fully saturated rings. The lowest BCUT2D eigenvalue weighted by Gasteiger charge is -2.31. The van der Waals surface area contributed by atoms with Crippen LogP contribution in [0, 0.1) is 0 Å². The predicted molar refractivity (Wildman–Crippen MR) is 128 cm³/mol. The van der Waals surface area contributed by atoms with Crippen molar-refractivity contribution in [2.45, 2.75) is 25.8 Å². The average Bonchev–Trinajstić information content (AvgIpc) is 3.41. The van der Waals surface area contributed by atoms with Crippen molar-refractivity contribution < 1.29 is 9.53 Å². The summed E-state index contributed by atoms with van der Waals surface area (Å²) in [6, 6.07) is 11.9. The molecule has 0 saturated carbocycles. The number of piperidine rings is 1. The standard InChI is InChI=1S/C25H30N6O2/c32-25(22-6-4-5-21(28-22)20-16-26-27-17-20)29-23-15-19(18-30-11-13-33-14-12-30)7-8-24(23)31-9-2-1-3-10-31/h4-8,15-17H,1-3,9-14,18H2,(H,26,27)(H,29,32). The highest BCUT2D eigenvalue weighted by Gasteiger charge is 2.19. The minimum atomic E-state index is -0.206. The molecule has 2 aliphatic rings. The van der Waals surface area contributed by atoms with Crippen molar-refractivity contribution in [1.29, 1.82) is 0 Å². The van der Waals surface area contributed by atoms with E-state index in [9.17, 15) is 4.79 Å². The number of aromatic nitrogens is 3. The molecule has 0 radical (unpaired) electrons. The van der Waals surface area contributed by atoms with E-state index < -0.39 is 0 Å². The topological polar surface area (TPSA) is 86.4 Å². The van der Waals surface area contributed by atoms with Crippen molar-refractivity contribution in [3.8, 4) is 11.3 Å². The van der Waals surface area contributed by atoms with E-state index in [0.717, 1.165) is 62.9 Å². The summed E-state index contributed by atoms with van der Waals surface area (Å²) in [7, 11) is 0. The van der Waals surface area contributed by atoms with Gasteiger partial charge in [0.15, 0.2) is 0 Å². The summed E-state index contributed by atoms with van der Waals surface area (Å²) >= 11 is 0. The van der Waals surface area contributed by atoms with Gasteiger partial charge in [-0.25, -0.2) is 4.98 Å². The van der Waals surface area contributed by atoms with Crippen molar-refractivity contribution in [3.05, 3.63) is 60.0 Å². The summed E-state index contributed by atoms with van der Waals surface area (Å²) in [5.74, 6) is -0.206. The number of carbonyl (C=O) groups is 1. The molecule has 1 amide bonds. The molecule has 2 saturated heterocycles. The van der Waals surface area contributed by atoms with Gasteiger partial charge in [0.05, 0.1) is 36.5 Å². The second kappa shape index (κ2) is 10.1. The molecule has 8 heteroatoms. The number of morpholine rings is 1. The highest BCUT2D eigenvalue weighted by Crippen LogP contribution is 2.31. The summed E-state index contributed by atoms with van der Waals surface area (Å²) < 4.78 is 5.48. The number of nitrogens with zero attached hydrogens (tertiary/aromatic N) is 4. The fourth-order valence-corrected chi connectivity index (χ4v) is 4.51. The number of anilines is 2. The molecule has 3 aromatic rings. The number of benzene rings is 1. The van der Waals surface area contributed by atoms with Crippen LogP contribution in [0.4, 0.5) is 11.4 Å². The number of hydrogen-bond acceptors (Lipinski definition) is 6. The molecule has 0 spiro atoms. The average molecular weight is 447 g/mol. The summed E-state index contributed by atoms with van der Waals surface area (Å²) in [5.41, 5.74) is 5.08. The maximum atomic E-state index is 13.2. The van der Waals surface area contributed by atoms with Gasteiger partial charge in [0, 0.05) is 44.5 Å². The van der Waals surface area contributed by atoms with E-state index in [1.165, 1.54) is 24.8 Å². The number of nitrogens with one attached hydrogen (secondary N) is 2. The first-order chi connectivity index (χ1) is 16.3. The Balaban J connectivity index is 1.40. The van der Waals surface area contributed by atoms with Crippen LogP contribution in [0.15, 0.2) is 48.8 Å². The van der Waals surface area contributed by atoms with E-state index in [0.29, 0.717) is 11.4 Å². The van der Waals surface area contributed by atoms with Crippen LogP contribution in [-0.2, 0) is 11.3 Å². The Labute approximate surface area is 194 Å². The maximum absolute atomic E-state index is 13.2. The third-order valence-electron chi connectivity index (χ3n) is 6.29. The highest BCUT2D eigenvalue weighted by molar-refractivity contribution is 6.05.